The van der Waals surface area contributed by atoms with Crippen molar-refractivity contribution in [2.45, 2.75) is 12.8 Å². The number of benzene rings is 1. The molecule has 0 atom stereocenters. The molecule has 1 aromatic carbocycles. The van der Waals surface area contributed by atoms with E-state index < -0.39 is 17.5 Å². The van der Waals surface area contributed by atoms with Gasteiger partial charge < -0.3 is 14.9 Å². The Kier molecular flexibility index (Phi) is 4.06. The molecule has 1 radical (unpaired) electrons. The summed E-state index contributed by atoms with van der Waals surface area (Å²) in [6.07, 6.45) is 0. The molecule has 0 amide bonds. The van der Waals surface area contributed by atoms with Gasteiger partial charge in [0.2, 0.25) is 0 Å². The second kappa shape index (κ2) is 5.14. The van der Waals surface area contributed by atoms with Crippen molar-refractivity contribution in [3.63, 3.8) is 0 Å². The number of carboxylic acid groups (broad SMARTS) is 1. The first-order valence-electron chi connectivity index (χ1n) is 4.78. The Morgan fingerprint density at radius 1 is 1.47 bits per heavy atom. The maximum Gasteiger partial charge on any atom is 0.379 e. The van der Waals surface area contributed by atoms with Gasteiger partial charge in [0.15, 0.2) is 0 Å². The van der Waals surface area contributed by atoms with Gasteiger partial charge in [0.25, 0.3) is 0 Å². The Hall–Kier alpha value is -1.63. The topological polar surface area (TPSA) is 66.8 Å². The van der Waals surface area contributed by atoms with Crippen LogP contribution in [0.3, 0.4) is 0 Å². The largest absolute Gasteiger partial charge is 0.494 e. The second-order valence-corrected chi connectivity index (χ2v) is 3.23. The summed E-state index contributed by atoms with van der Waals surface area (Å²) in [5.41, 5.74) is -0.692. The zero-order chi connectivity index (χ0) is 13.1. The number of carbonyl (C=O) groups is 1. The van der Waals surface area contributed by atoms with Gasteiger partial charge in [-0.25, -0.2) is 4.79 Å². The molecule has 0 aliphatic carbocycles. The lowest BCUT2D eigenvalue weighted by molar-refractivity contribution is -0.166. The van der Waals surface area contributed by atoms with Crippen LogP contribution >= 0.6 is 0 Å². The van der Waals surface area contributed by atoms with Crippen LogP contribution in [0.5, 0.6) is 5.75 Å². The summed E-state index contributed by atoms with van der Waals surface area (Å²) >= 11 is 0. The van der Waals surface area contributed by atoms with Crippen LogP contribution in [0.4, 0.5) is 8.78 Å². The van der Waals surface area contributed by atoms with Crippen molar-refractivity contribution in [1.82, 2.24) is 0 Å². The first-order valence-corrected chi connectivity index (χ1v) is 4.78. The third-order valence-electron chi connectivity index (χ3n) is 2.02. The molecule has 1 aromatic rings. The molecule has 7 heteroatoms. The maximum atomic E-state index is 13.3. The van der Waals surface area contributed by atoms with Gasteiger partial charge in [0.1, 0.15) is 5.75 Å². The van der Waals surface area contributed by atoms with Gasteiger partial charge in [0, 0.05) is 5.56 Å². The molecule has 17 heavy (non-hydrogen) atoms. The number of ether oxygens (including phenoxy) is 1. The monoisotopic (exact) mass is 243 g/mol. The van der Waals surface area contributed by atoms with Crippen molar-refractivity contribution in [2.24, 2.45) is 0 Å². The summed E-state index contributed by atoms with van der Waals surface area (Å²) in [4.78, 5) is 10.4. The average molecular weight is 243 g/mol. The zero-order valence-corrected chi connectivity index (χ0v) is 8.98. The molecular formula is C10H10BF2O4. The number of hydrogen-bond donors (Lipinski definition) is 2. The van der Waals surface area contributed by atoms with Gasteiger partial charge in [-0.15, -0.1) is 0 Å². The summed E-state index contributed by atoms with van der Waals surface area (Å²) in [5.74, 6) is -6.20. The van der Waals surface area contributed by atoms with Gasteiger partial charge in [-0.1, -0.05) is 6.07 Å². The number of carboxylic acids is 1. The van der Waals surface area contributed by atoms with Gasteiger partial charge in [-0.2, -0.15) is 8.78 Å². The van der Waals surface area contributed by atoms with Crippen molar-refractivity contribution in [3.8, 4) is 5.75 Å². The minimum Gasteiger partial charge on any atom is -0.494 e. The van der Waals surface area contributed by atoms with Crippen LogP contribution in [-0.4, -0.2) is 30.2 Å². The van der Waals surface area contributed by atoms with Crippen LogP contribution in [-0.2, 0) is 10.7 Å². The summed E-state index contributed by atoms with van der Waals surface area (Å²) in [6, 6.07) is 3.15. The quantitative estimate of drug-likeness (QED) is 0.739. The van der Waals surface area contributed by atoms with Crippen molar-refractivity contribution < 1.29 is 28.4 Å². The summed E-state index contributed by atoms with van der Waals surface area (Å²) in [6.45, 7) is 1.90. The predicted octanol–water partition coefficient (Wildman–Crippen LogP) is 0.499. The molecule has 0 saturated carbocycles. The molecule has 1 rings (SSSR count). The van der Waals surface area contributed by atoms with E-state index in [4.69, 9.17) is 14.9 Å². The Morgan fingerprint density at radius 3 is 2.59 bits per heavy atom. The fourth-order valence-electron chi connectivity index (χ4n) is 1.25. The van der Waals surface area contributed by atoms with E-state index in [9.17, 15) is 13.6 Å². The molecule has 4 nitrogen and oxygen atoms in total. The standard InChI is InChI=1S/C10H10BF2O4/c1-2-17-8-4-6(3-7(5-8)11-16)10(12,13)9(14)15/h3-5,16H,2H2,1H3,(H,14,15). The van der Waals surface area contributed by atoms with E-state index in [0.29, 0.717) is 7.48 Å². The van der Waals surface area contributed by atoms with Crippen LogP contribution in [0.15, 0.2) is 18.2 Å². The molecule has 0 bridgehead atoms. The number of hydrogen-bond acceptors (Lipinski definition) is 3. The molecule has 0 unspecified atom stereocenters. The summed E-state index contributed by atoms with van der Waals surface area (Å²) in [5, 5.41) is 17.2. The Labute approximate surface area is 97.1 Å². The second-order valence-electron chi connectivity index (χ2n) is 3.23. The third kappa shape index (κ3) is 2.94. The molecule has 0 saturated heterocycles. The third-order valence-corrected chi connectivity index (χ3v) is 2.02. The van der Waals surface area contributed by atoms with E-state index in [0.717, 1.165) is 12.1 Å². The van der Waals surface area contributed by atoms with E-state index in [1.165, 1.54) is 6.07 Å². The molecular weight excluding hydrogens is 233 g/mol. The van der Waals surface area contributed by atoms with Crippen LogP contribution in [0, 0.1) is 0 Å². The highest BCUT2D eigenvalue weighted by Crippen LogP contribution is 2.29. The SMILES string of the molecule is CCOc1cc([B]O)cc(C(F)(F)C(=O)O)c1. The van der Waals surface area contributed by atoms with Crippen molar-refractivity contribution in [2.75, 3.05) is 6.61 Å². The van der Waals surface area contributed by atoms with Crippen LogP contribution < -0.4 is 10.2 Å². The van der Waals surface area contributed by atoms with E-state index in [1.54, 1.807) is 6.92 Å². The van der Waals surface area contributed by atoms with E-state index >= 15 is 0 Å². The average Bonchev–Trinajstić information content (AvgIpc) is 2.28. The number of aliphatic carboxylic acids is 1. The number of rotatable bonds is 5. The molecule has 91 valence electrons. The van der Waals surface area contributed by atoms with Gasteiger partial charge >= 0.3 is 19.4 Å². The molecule has 0 aliphatic rings. The van der Waals surface area contributed by atoms with Crippen molar-refractivity contribution >= 4 is 18.9 Å². The van der Waals surface area contributed by atoms with Crippen LogP contribution in [0.1, 0.15) is 12.5 Å². The fraction of sp³-hybridized carbons (Fsp3) is 0.300. The normalized spacial score (nSPS) is 11.1. The highest BCUT2D eigenvalue weighted by molar-refractivity contribution is 6.45. The van der Waals surface area contributed by atoms with Crippen molar-refractivity contribution in [1.29, 1.82) is 0 Å². The van der Waals surface area contributed by atoms with E-state index in [-0.39, 0.29) is 17.8 Å². The lowest BCUT2D eigenvalue weighted by atomic mass is 9.86. The van der Waals surface area contributed by atoms with Crippen LogP contribution in [0.2, 0.25) is 0 Å². The summed E-state index contributed by atoms with van der Waals surface area (Å²) < 4.78 is 31.5. The Balaban J connectivity index is 3.23. The highest BCUT2D eigenvalue weighted by Gasteiger charge is 2.41. The van der Waals surface area contributed by atoms with Gasteiger partial charge in [-0.3, -0.25) is 0 Å². The van der Waals surface area contributed by atoms with Gasteiger partial charge in [0.05, 0.1) is 6.61 Å². The Bertz CT molecular complexity index is 423. The molecule has 0 heterocycles. The first-order chi connectivity index (χ1) is 7.91. The maximum absolute atomic E-state index is 13.3. The van der Waals surface area contributed by atoms with Gasteiger partial charge in [-0.05, 0) is 24.5 Å². The molecule has 0 fully saturated rings. The molecule has 0 spiro atoms. The van der Waals surface area contributed by atoms with E-state index in [1.807, 2.05) is 0 Å². The van der Waals surface area contributed by atoms with Crippen molar-refractivity contribution in [3.05, 3.63) is 23.8 Å². The smallest absolute Gasteiger partial charge is 0.379 e. The lowest BCUT2D eigenvalue weighted by Crippen LogP contribution is -2.27. The first kappa shape index (κ1) is 13.4. The molecule has 0 aliphatic heterocycles. The minimum absolute atomic E-state index is 0.0480. The zero-order valence-electron chi connectivity index (χ0n) is 8.98. The number of alkyl halides is 2. The van der Waals surface area contributed by atoms with Crippen LogP contribution in [0.25, 0.3) is 0 Å². The molecule has 0 aromatic heterocycles. The molecule has 2 N–H and O–H groups in total. The fourth-order valence-corrected chi connectivity index (χ4v) is 1.25. The Morgan fingerprint density at radius 2 is 2.12 bits per heavy atom. The lowest BCUT2D eigenvalue weighted by Gasteiger charge is -2.14. The minimum atomic E-state index is -4.02. The highest BCUT2D eigenvalue weighted by atomic mass is 19.3. The number of halogens is 2. The summed E-state index contributed by atoms with van der Waals surface area (Å²) in [7, 11) is 0.601. The predicted molar refractivity (Wildman–Crippen MR) is 56.7 cm³/mol. The van der Waals surface area contributed by atoms with E-state index in [2.05, 4.69) is 0 Å².